The summed E-state index contributed by atoms with van der Waals surface area (Å²) in [5.41, 5.74) is 2.98. The summed E-state index contributed by atoms with van der Waals surface area (Å²) in [7, 11) is 4.95. The molecule has 37 heavy (non-hydrogen) atoms. The number of methoxy groups -OCH3 is 1. The van der Waals surface area contributed by atoms with Crippen LogP contribution in [0.15, 0.2) is 18.2 Å². The molecular formula is C27H37N5O5. The molecule has 0 saturated carbocycles. The molecule has 0 unspecified atom stereocenters. The van der Waals surface area contributed by atoms with Crippen LogP contribution in [0.1, 0.15) is 65.4 Å². The van der Waals surface area contributed by atoms with Crippen molar-refractivity contribution in [3.8, 4) is 11.5 Å². The predicted octanol–water partition coefficient (Wildman–Crippen LogP) is 2.60. The Hall–Kier alpha value is -3.66. The fourth-order valence-corrected chi connectivity index (χ4v) is 4.34. The number of pyridine rings is 1. The van der Waals surface area contributed by atoms with Crippen LogP contribution in [0.4, 0.5) is 5.69 Å². The van der Waals surface area contributed by atoms with Gasteiger partial charge in [0, 0.05) is 43.9 Å². The molecule has 2 heterocycles. The average molecular weight is 512 g/mol. The van der Waals surface area contributed by atoms with Gasteiger partial charge in [0.15, 0.2) is 17.2 Å². The molecule has 2 aromatic rings. The molecule has 1 amide bonds. The number of nitrogens with one attached hydrogen (secondary N) is 2. The summed E-state index contributed by atoms with van der Waals surface area (Å²) in [4.78, 5) is 33.8. The maximum Gasteiger partial charge on any atom is 0.273 e. The second-order valence-corrected chi connectivity index (χ2v) is 9.95. The molecule has 10 heteroatoms. The van der Waals surface area contributed by atoms with E-state index in [9.17, 15) is 14.7 Å². The lowest BCUT2D eigenvalue weighted by Gasteiger charge is -2.29. The fraction of sp³-hybridized carbons (Fsp3) is 0.481. The molecule has 0 saturated heterocycles. The number of rotatable bonds is 10. The van der Waals surface area contributed by atoms with Gasteiger partial charge >= 0.3 is 0 Å². The van der Waals surface area contributed by atoms with Gasteiger partial charge < -0.3 is 29.7 Å². The van der Waals surface area contributed by atoms with Crippen LogP contribution in [0.5, 0.6) is 11.5 Å². The summed E-state index contributed by atoms with van der Waals surface area (Å²) in [6, 6.07) is 5.34. The van der Waals surface area contributed by atoms with E-state index in [0.717, 1.165) is 11.1 Å². The van der Waals surface area contributed by atoms with Gasteiger partial charge in [-0.1, -0.05) is 20.8 Å². The molecule has 0 spiro atoms. The van der Waals surface area contributed by atoms with Gasteiger partial charge in [-0.15, -0.1) is 0 Å². The second kappa shape index (κ2) is 11.2. The molecule has 0 radical (unpaired) electrons. The molecule has 1 aromatic carbocycles. The van der Waals surface area contributed by atoms with Crippen LogP contribution in [0.25, 0.3) is 0 Å². The van der Waals surface area contributed by atoms with Crippen molar-refractivity contribution in [1.82, 2.24) is 15.2 Å². The molecule has 3 rings (SSSR count). The van der Waals surface area contributed by atoms with Gasteiger partial charge in [0.1, 0.15) is 17.3 Å². The van der Waals surface area contributed by atoms with Gasteiger partial charge in [-0.2, -0.15) is 0 Å². The summed E-state index contributed by atoms with van der Waals surface area (Å²) < 4.78 is 11.4. The monoisotopic (exact) mass is 511 g/mol. The number of hydrogen-bond acceptors (Lipinski definition) is 8. The first-order valence-corrected chi connectivity index (χ1v) is 12.3. The third-order valence-corrected chi connectivity index (χ3v) is 6.29. The van der Waals surface area contributed by atoms with Crippen molar-refractivity contribution in [2.45, 2.75) is 39.7 Å². The average Bonchev–Trinajstić information content (AvgIpc) is 3.15. The molecule has 0 fully saturated rings. The van der Waals surface area contributed by atoms with Crippen molar-refractivity contribution in [2.24, 2.45) is 0 Å². The lowest BCUT2D eigenvalue weighted by molar-refractivity contribution is 0.0949. The number of carbonyl (C=O) groups is 2. The predicted molar refractivity (Wildman–Crippen MR) is 142 cm³/mol. The first-order chi connectivity index (χ1) is 17.5. The van der Waals surface area contributed by atoms with E-state index in [4.69, 9.17) is 14.9 Å². The lowest BCUT2D eigenvalue weighted by Crippen LogP contribution is -2.31. The normalized spacial score (nSPS) is 12.9. The molecule has 3 N–H and O–H groups in total. The first-order valence-electron chi connectivity index (χ1n) is 12.3. The number of nitrogens with zero attached hydrogens (tertiary/aromatic N) is 3. The van der Waals surface area contributed by atoms with Crippen LogP contribution in [0.3, 0.4) is 0 Å². The first kappa shape index (κ1) is 27.9. The van der Waals surface area contributed by atoms with Gasteiger partial charge in [0.25, 0.3) is 5.91 Å². The zero-order chi connectivity index (χ0) is 27.5. The van der Waals surface area contributed by atoms with Gasteiger partial charge in [0.2, 0.25) is 0 Å². The number of aliphatic hydroxyl groups excluding tert-OH is 1. The number of amidine groups is 1. The molecule has 10 nitrogen and oxygen atoms in total. The Bertz CT molecular complexity index is 1200. The molecule has 1 aromatic heterocycles. The summed E-state index contributed by atoms with van der Waals surface area (Å²) >= 11 is 0. The van der Waals surface area contributed by atoms with E-state index in [2.05, 4.69) is 10.3 Å². The van der Waals surface area contributed by atoms with E-state index >= 15 is 0 Å². The Morgan fingerprint density at radius 3 is 2.54 bits per heavy atom. The SMILES string of the molecule is CCOc1cc2c(nc1C(=O)NC)C(=N)N(CC(=O)c1cc(N(C)CCO)c(OC)c(C(C)(C)C)c1)C2. The van der Waals surface area contributed by atoms with E-state index in [-0.39, 0.29) is 35.9 Å². The molecular weight excluding hydrogens is 474 g/mol. The minimum atomic E-state index is -0.402. The second-order valence-electron chi connectivity index (χ2n) is 9.95. The Morgan fingerprint density at radius 2 is 1.97 bits per heavy atom. The molecule has 1 aliphatic heterocycles. The third-order valence-electron chi connectivity index (χ3n) is 6.29. The number of ketones is 1. The highest BCUT2D eigenvalue weighted by Crippen LogP contribution is 2.40. The van der Waals surface area contributed by atoms with Crippen LogP contribution in [0.2, 0.25) is 0 Å². The van der Waals surface area contributed by atoms with Crippen molar-refractivity contribution in [1.29, 1.82) is 5.41 Å². The van der Waals surface area contributed by atoms with E-state index in [0.29, 0.717) is 48.1 Å². The summed E-state index contributed by atoms with van der Waals surface area (Å²) in [5, 5.41) is 20.7. The number of likely N-dealkylation sites (N-methyl/N-ethyl adjacent to an activating group) is 1. The number of hydrogen-bond donors (Lipinski definition) is 3. The van der Waals surface area contributed by atoms with Gasteiger partial charge in [-0.25, -0.2) is 4.98 Å². The number of carbonyl (C=O) groups excluding carboxylic acids is 2. The van der Waals surface area contributed by atoms with Crippen molar-refractivity contribution in [3.05, 3.63) is 46.3 Å². The van der Waals surface area contributed by atoms with E-state index in [1.54, 1.807) is 24.1 Å². The van der Waals surface area contributed by atoms with Crippen LogP contribution in [-0.2, 0) is 12.0 Å². The van der Waals surface area contributed by atoms with Gasteiger partial charge in [0.05, 0.1) is 32.6 Å². The molecule has 0 bridgehead atoms. The minimum absolute atomic E-state index is 0.0342. The number of aliphatic hydroxyl groups is 1. The highest BCUT2D eigenvalue weighted by molar-refractivity contribution is 6.06. The Balaban J connectivity index is 1.96. The summed E-state index contributed by atoms with van der Waals surface area (Å²) in [6.45, 7) is 8.94. The Kier molecular flexibility index (Phi) is 8.42. The highest BCUT2D eigenvalue weighted by atomic mass is 16.5. The zero-order valence-electron chi connectivity index (χ0n) is 22.7. The number of ether oxygens (including phenoxy) is 2. The Labute approximate surface area is 218 Å². The largest absolute Gasteiger partial charge is 0.494 e. The van der Waals surface area contributed by atoms with Crippen molar-refractivity contribution < 1.29 is 24.2 Å². The van der Waals surface area contributed by atoms with Crippen molar-refractivity contribution in [3.63, 3.8) is 0 Å². The number of anilines is 1. The maximum atomic E-state index is 13.5. The standard InChI is InChI=1S/C27H37N5O5/c1-8-37-21-13-17-14-32(25(28)22(17)30-23(21)26(35)29-5)15-20(34)16-11-18(27(2,3)4)24(36-7)19(12-16)31(6)9-10-33/h11-13,28,33H,8-10,14-15H2,1-7H3,(H,29,35). The number of amides is 1. The van der Waals surface area contributed by atoms with Crippen LogP contribution >= 0.6 is 0 Å². The topological polar surface area (TPSA) is 128 Å². The number of aromatic nitrogens is 1. The van der Waals surface area contributed by atoms with Gasteiger partial charge in [-0.05, 0) is 30.5 Å². The summed E-state index contributed by atoms with van der Waals surface area (Å²) in [6.07, 6.45) is 0. The smallest absolute Gasteiger partial charge is 0.273 e. The minimum Gasteiger partial charge on any atom is -0.494 e. The highest BCUT2D eigenvalue weighted by Gasteiger charge is 2.32. The van der Waals surface area contributed by atoms with Crippen molar-refractivity contribution >= 4 is 23.2 Å². The maximum absolute atomic E-state index is 13.5. The van der Waals surface area contributed by atoms with Crippen molar-refractivity contribution in [2.75, 3.05) is 52.4 Å². The zero-order valence-corrected chi connectivity index (χ0v) is 22.7. The van der Waals surface area contributed by atoms with Gasteiger partial charge in [-0.3, -0.25) is 15.0 Å². The fourth-order valence-electron chi connectivity index (χ4n) is 4.34. The number of Topliss-reactive ketones (excluding diaryl/α,β-unsaturated/α-hetero) is 1. The molecule has 200 valence electrons. The number of fused-ring (bicyclic) bond motifs is 1. The number of benzene rings is 1. The molecule has 0 aliphatic carbocycles. The lowest BCUT2D eigenvalue weighted by atomic mass is 9.84. The third kappa shape index (κ3) is 5.69. The van der Waals surface area contributed by atoms with E-state index in [1.807, 2.05) is 45.7 Å². The Morgan fingerprint density at radius 1 is 1.27 bits per heavy atom. The van der Waals surface area contributed by atoms with Crippen LogP contribution < -0.4 is 19.7 Å². The molecule has 0 atom stereocenters. The quantitative estimate of drug-likeness (QED) is 0.415. The van der Waals surface area contributed by atoms with E-state index in [1.165, 1.54) is 7.05 Å². The van der Waals surface area contributed by atoms with E-state index < -0.39 is 5.91 Å². The van der Waals surface area contributed by atoms with Crippen LogP contribution in [0, 0.1) is 5.41 Å². The summed E-state index contributed by atoms with van der Waals surface area (Å²) in [5.74, 6) is 0.527. The van der Waals surface area contributed by atoms with Crippen LogP contribution in [-0.4, -0.2) is 80.0 Å². The molecule has 1 aliphatic rings.